The summed E-state index contributed by atoms with van der Waals surface area (Å²) >= 11 is 0. The zero-order chi connectivity index (χ0) is 21.8. The van der Waals surface area contributed by atoms with Gasteiger partial charge in [-0.1, -0.05) is 13.3 Å². The van der Waals surface area contributed by atoms with Crippen molar-refractivity contribution in [3.8, 4) is 0 Å². The van der Waals surface area contributed by atoms with E-state index in [0.29, 0.717) is 24.9 Å². The van der Waals surface area contributed by atoms with Crippen molar-refractivity contribution in [2.45, 2.75) is 44.8 Å². The highest BCUT2D eigenvalue weighted by Crippen LogP contribution is 2.48. The Labute approximate surface area is 171 Å². The third kappa shape index (κ3) is 5.79. The molecule has 0 radical (unpaired) electrons. The number of nitrogen functional groups attached to an aromatic ring is 1. The van der Waals surface area contributed by atoms with Gasteiger partial charge in [-0.05, 0) is 19.3 Å². The highest BCUT2D eigenvalue weighted by atomic mass is 31.2. The molecule has 3 rings (SSSR count). The van der Waals surface area contributed by atoms with E-state index in [4.69, 9.17) is 19.7 Å². The van der Waals surface area contributed by atoms with E-state index in [1.54, 1.807) is 4.57 Å². The number of H-pyrrole nitrogens is 1. The quantitative estimate of drug-likeness (QED) is 0.196. The fourth-order valence-corrected chi connectivity index (χ4v) is 3.37. The van der Waals surface area contributed by atoms with Gasteiger partial charge in [-0.15, -0.1) is 0 Å². The summed E-state index contributed by atoms with van der Waals surface area (Å²) in [7, 11) is -4.16. The number of nitrogens with one attached hydrogen (secondary N) is 1. The topological polar surface area (TPSA) is 181 Å². The molecule has 0 aromatic carbocycles. The summed E-state index contributed by atoms with van der Waals surface area (Å²) in [5, 5.41) is 0. The van der Waals surface area contributed by atoms with E-state index in [2.05, 4.69) is 19.7 Å². The molecular formula is C16H24N5O8P. The summed E-state index contributed by atoms with van der Waals surface area (Å²) < 4.78 is 33.4. The third-order valence-corrected chi connectivity index (χ3v) is 5.41. The van der Waals surface area contributed by atoms with Crippen molar-refractivity contribution in [2.24, 2.45) is 0 Å². The van der Waals surface area contributed by atoms with Crippen molar-refractivity contribution in [3.05, 3.63) is 16.7 Å². The molecule has 4 N–H and O–H groups in total. The van der Waals surface area contributed by atoms with Gasteiger partial charge >= 0.3 is 13.8 Å². The number of ether oxygens (including phenoxy) is 3. The Kier molecular flexibility index (Phi) is 6.76. The minimum absolute atomic E-state index is 0.0403. The summed E-state index contributed by atoms with van der Waals surface area (Å²) in [5.74, 6) is -0.0403. The standard InChI is InChI=1S/C16H24N5O8P/c1-2-3-6-26-15(23)27-9-29-30(24,25)10-28-16(4-5-16)7-21-8-18-11-12(21)19-14(17)20-13(11)22/h8H,2-7,9-10H2,1H3,(H,24,25)(H3,17,19,20,22). The first kappa shape index (κ1) is 22.2. The number of unbranched alkanes of at least 4 members (excludes halogenated alkanes) is 1. The maximum atomic E-state index is 12.1. The van der Waals surface area contributed by atoms with Gasteiger partial charge in [0.05, 0.1) is 25.1 Å². The Bertz CT molecular complexity index is 1000. The smallest absolute Gasteiger partial charge is 0.434 e. The Morgan fingerprint density at radius 2 is 2.20 bits per heavy atom. The molecule has 166 valence electrons. The number of nitrogens with zero attached hydrogens (tertiary/aromatic N) is 3. The molecule has 2 heterocycles. The van der Waals surface area contributed by atoms with Gasteiger partial charge in [0.1, 0.15) is 6.35 Å². The maximum Gasteiger partial charge on any atom is 0.510 e. The van der Waals surface area contributed by atoms with Crippen LogP contribution in [0, 0.1) is 0 Å². The van der Waals surface area contributed by atoms with Gasteiger partial charge in [0.15, 0.2) is 11.2 Å². The lowest BCUT2D eigenvalue weighted by atomic mass is 10.3. The van der Waals surface area contributed by atoms with E-state index in [0.717, 1.165) is 6.42 Å². The minimum atomic E-state index is -4.16. The number of hydrogen-bond donors (Lipinski definition) is 3. The number of rotatable bonds is 11. The van der Waals surface area contributed by atoms with Crippen LogP contribution < -0.4 is 11.3 Å². The summed E-state index contributed by atoms with van der Waals surface area (Å²) in [4.78, 5) is 43.5. The summed E-state index contributed by atoms with van der Waals surface area (Å²) in [5.41, 5.74) is 4.84. The van der Waals surface area contributed by atoms with Gasteiger partial charge in [0.2, 0.25) is 12.7 Å². The lowest BCUT2D eigenvalue weighted by Gasteiger charge is -2.19. The van der Waals surface area contributed by atoms with Crippen molar-refractivity contribution in [1.82, 2.24) is 19.5 Å². The largest absolute Gasteiger partial charge is 0.510 e. The Balaban J connectivity index is 1.50. The van der Waals surface area contributed by atoms with E-state index in [1.165, 1.54) is 6.33 Å². The molecule has 0 saturated heterocycles. The van der Waals surface area contributed by atoms with Crippen LogP contribution in [-0.4, -0.2) is 55.9 Å². The molecule has 1 aliphatic rings. The number of imidazole rings is 1. The van der Waals surface area contributed by atoms with Crippen LogP contribution >= 0.6 is 7.60 Å². The zero-order valence-electron chi connectivity index (χ0n) is 16.4. The molecule has 1 aliphatic carbocycles. The van der Waals surface area contributed by atoms with Crippen LogP contribution in [0.1, 0.15) is 32.6 Å². The maximum absolute atomic E-state index is 12.1. The number of nitrogens with two attached hydrogens (primary N) is 1. The van der Waals surface area contributed by atoms with Gasteiger partial charge in [0, 0.05) is 0 Å². The van der Waals surface area contributed by atoms with Crippen LogP contribution in [0.4, 0.5) is 10.7 Å². The molecule has 0 spiro atoms. The SMILES string of the molecule is CCCCOC(=O)OCOP(=O)(O)COC1(Cn2cnc3c(=O)[nH]c(N)nc32)CC1. The molecule has 2 aromatic heterocycles. The molecule has 1 atom stereocenters. The lowest BCUT2D eigenvalue weighted by molar-refractivity contribution is -0.00836. The van der Waals surface area contributed by atoms with Crippen LogP contribution in [0.15, 0.2) is 11.1 Å². The Morgan fingerprint density at radius 1 is 1.43 bits per heavy atom. The third-order valence-electron chi connectivity index (χ3n) is 4.44. The van der Waals surface area contributed by atoms with Crippen molar-refractivity contribution in [2.75, 3.05) is 25.5 Å². The van der Waals surface area contributed by atoms with Gasteiger partial charge < -0.3 is 29.4 Å². The van der Waals surface area contributed by atoms with Crippen molar-refractivity contribution >= 4 is 30.9 Å². The minimum Gasteiger partial charge on any atom is -0.434 e. The van der Waals surface area contributed by atoms with Crippen molar-refractivity contribution in [3.63, 3.8) is 0 Å². The van der Waals surface area contributed by atoms with Crippen LogP contribution in [0.3, 0.4) is 0 Å². The molecule has 30 heavy (non-hydrogen) atoms. The van der Waals surface area contributed by atoms with Gasteiger partial charge in [-0.3, -0.25) is 18.9 Å². The molecule has 1 fully saturated rings. The summed E-state index contributed by atoms with van der Waals surface area (Å²) in [6, 6.07) is 0. The number of carbonyl (C=O) groups is 1. The zero-order valence-corrected chi connectivity index (χ0v) is 17.3. The van der Waals surface area contributed by atoms with Crippen molar-refractivity contribution < 1.29 is 33.0 Å². The van der Waals surface area contributed by atoms with E-state index < -0.39 is 38.1 Å². The van der Waals surface area contributed by atoms with Gasteiger partial charge in [-0.25, -0.2) is 9.78 Å². The normalized spacial score (nSPS) is 16.9. The Hall–Kier alpha value is -2.47. The first-order valence-corrected chi connectivity index (χ1v) is 11.1. The van der Waals surface area contributed by atoms with Crippen LogP contribution in [0.25, 0.3) is 11.2 Å². The van der Waals surface area contributed by atoms with Crippen LogP contribution in [0.5, 0.6) is 0 Å². The molecule has 13 nitrogen and oxygen atoms in total. The Morgan fingerprint density at radius 3 is 2.90 bits per heavy atom. The monoisotopic (exact) mass is 445 g/mol. The number of carbonyl (C=O) groups excluding carboxylic acids is 1. The highest BCUT2D eigenvalue weighted by Gasteiger charge is 2.46. The molecule has 14 heteroatoms. The second kappa shape index (κ2) is 9.13. The van der Waals surface area contributed by atoms with Crippen LogP contribution in [-0.2, 0) is 29.8 Å². The van der Waals surface area contributed by atoms with Crippen molar-refractivity contribution in [1.29, 1.82) is 0 Å². The second-order valence-electron chi connectivity index (χ2n) is 6.93. The predicted molar refractivity (Wildman–Crippen MR) is 104 cm³/mol. The molecule has 1 unspecified atom stereocenters. The van der Waals surface area contributed by atoms with Crippen LogP contribution in [0.2, 0.25) is 0 Å². The molecule has 0 amide bonds. The predicted octanol–water partition coefficient (Wildman–Crippen LogP) is 1.32. The number of hydrogen-bond acceptors (Lipinski definition) is 10. The average molecular weight is 445 g/mol. The molecule has 0 aliphatic heterocycles. The molecule has 0 bridgehead atoms. The number of fused-ring (bicyclic) bond motifs is 1. The second-order valence-corrected chi connectivity index (χ2v) is 8.72. The summed E-state index contributed by atoms with van der Waals surface area (Å²) in [6.07, 6.45) is 2.66. The number of anilines is 1. The van der Waals surface area contributed by atoms with Gasteiger partial charge in [0.25, 0.3) is 5.56 Å². The lowest BCUT2D eigenvalue weighted by Crippen LogP contribution is -2.23. The van der Waals surface area contributed by atoms with Gasteiger partial charge in [-0.2, -0.15) is 4.98 Å². The van der Waals surface area contributed by atoms with E-state index in [1.807, 2.05) is 6.92 Å². The molecule has 1 saturated carbocycles. The molecule has 2 aromatic rings. The first-order valence-electron chi connectivity index (χ1n) is 9.34. The number of aromatic nitrogens is 4. The first-order chi connectivity index (χ1) is 14.2. The highest BCUT2D eigenvalue weighted by molar-refractivity contribution is 7.52. The van der Waals surface area contributed by atoms with E-state index in [9.17, 15) is 19.0 Å². The number of aromatic amines is 1. The average Bonchev–Trinajstić information content (AvgIpc) is 3.33. The molecular weight excluding hydrogens is 421 g/mol. The van der Waals surface area contributed by atoms with E-state index in [-0.39, 0.29) is 24.6 Å². The summed E-state index contributed by atoms with van der Waals surface area (Å²) in [6.45, 7) is 1.67. The fourth-order valence-electron chi connectivity index (χ4n) is 2.64. The fraction of sp³-hybridized carbons (Fsp3) is 0.625. The van der Waals surface area contributed by atoms with E-state index >= 15 is 0 Å².